The first-order valence-electron chi connectivity index (χ1n) is 9.82. The molecule has 4 aromatic rings. The summed E-state index contributed by atoms with van der Waals surface area (Å²) < 4.78 is 2.13. The van der Waals surface area contributed by atoms with Crippen LogP contribution in [-0.2, 0) is 11.3 Å². The van der Waals surface area contributed by atoms with Crippen LogP contribution in [0.4, 0.5) is 0 Å². The maximum Gasteiger partial charge on any atom is 0.303 e. The van der Waals surface area contributed by atoms with E-state index in [9.17, 15) is 4.79 Å². The summed E-state index contributed by atoms with van der Waals surface area (Å²) in [4.78, 5) is 16.2. The van der Waals surface area contributed by atoms with Gasteiger partial charge in [0.1, 0.15) is 5.82 Å². The third kappa shape index (κ3) is 4.29. The Bertz CT molecular complexity index is 1140. The van der Waals surface area contributed by atoms with Crippen molar-refractivity contribution >= 4 is 17.6 Å². The van der Waals surface area contributed by atoms with Crippen LogP contribution in [0.25, 0.3) is 33.9 Å². The predicted molar refractivity (Wildman–Crippen MR) is 120 cm³/mol. The van der Waals surface area contributed by atoms with Gasteiger partial charge in [-0.1, -0.05) is 72.3 Å². The second kappa shape index (κ2) is 8.97. The molecule has 1 N–H and O–H groups in total. The normalized spacial score (nSPS) is 10.8. The minimum Gasteiger partial charge on any atom is -0.481 e. The summed E-state index contributed by atoms with van der Waals surface area (Å²) in [6, 6.07) is 27.7. The molecule has 1 heterocycles. The Hall–Kier alpha value is -3.37. The van der Waals surface area contributed by atoms with Crippen molar-refractivity contribution in [2.75, 3.05) is 0 Å². The zero-order chi connectivity index (χ0) is 20.9. The maximum atomic E-state index is 11.1. The van der Waals surface area contributed by atoms with Gasteiger partial charge in [0, 0.05) is 34.7 Å². The first kappa shape index (κ1) is 19.9. The van der Waals surface area contributed by atoms with Gasteiger partial charge in [-0.3, -0.25) is 4.79 Å². The molecule has 0 unspecified atom stereocenters. The Balaban J connectivity index is 1.93. The predicted octanol–water partition coefficient (Wildman–Crippen LogP) is 6.40. The monoisotopic (exact) mass is 416 g/mol. The van der Waals surface area contributed by atoms with Crippen molar-refractivity contribution < 1.29 is 9.90 Å². The highest BCUT2D eigenvalue weighted by molar-refractivity contribution is 6.30. The quantitative estimate of drug-likeness (QED) is 0.379. The van der Waals surface area contributed by atoms with E-state index in [4.69, 9.17) is 21.7 Å². The first-order valence-corrected chi connectivity index (χ1v) is 10.2. The number of hydrogen-bond acceptors (Lipinski definition) is 2. The number of benzene rings is 3. The van der Waals surface area contributed by atoms with Crippen LogP contribution in [0, 0.1) is 0 Å². The molecule has 3 aromatic carbocycles. The summed E-state index contributed by atoms with van der Waals surface area (Å²) >= 11 is 6.09. The summed E-state index contributed by atoms with van der Waals surface area (Å²) in [5.41, 5.74) is 4.86. The highest BCUT2D eigenvalue weighted by atomic mass is 35.5. The van der Waals surface area contributed by atoms with Crippen molar-refractivity contribution in [1.29, 1.82) is 0 Å². The molecule has 0 aliphatic carbocycles. The molecular formula is C25H21ClN2O2. The molecule has 4 rings (SSSR count). The lowest BCUT2D eigenvalue weighted by Crippen LogP contribution is -2.05. The number of carboxylic acid groups (broad SMARTS) is 1. The molecule has 0 bridgehead atoms. The van der Waals surface area contributed by atoms with E-state index in [1.54, 1.807) is 0 Å². The van der Waals surface area contributed by atoms with Crippen molar-refractivity contribution in [2.45, 2.75) is 19.4 Å². The number of halogens is 1. The number of hydrogen-bond donors (Lipinski definition) is 1. The number of aliphatic carboxylic acids is 1. The molecule has 0 aliphatic heterocycles. The largest absolute Gasteiger partial charge is 0.481 e. The summed E-state index contributed by atoms with van der Waals surface area (Å²) in [6.07, 6.45) is 0.619. The molecular weight excluding hydrogens is 396 g/mol. The van der Waals surface area contributed by atoms with Gasteiger partial charge in [-0.15, -0.1) is 0 Å². The Morgan fingerprint density at radius 2 is 1.43 bits per heavy atom. The van der Waals surface area contributed by atoms with Gasteiger partial charge in [0.2, 0.25) is 0 Å². The Morgan fingerprint density at radius 3 is 2.03 bits per heavy atom. The summed E-state index contributed by atoms with van der Waals surface area (Å²) in [5.74, 6) is 0.00228. The smallest absolute Gasteiger partial charge is 0.303 e. The van der Waals surface area contributed by atoms with Crippen LogP contribution >= 0.6 is 11.6 Å². The fourth-order valence-electron chi connectivity index (χ4n) is 3.56. The zero-order valence-electron chi connectivity index (χ0n) is 16.3. The molecule has 0 amide bonds. The molecule has 4 nitrogen and oxygen atoms in total. The molecule has 5 heteroatoms. The van der Waals surface area contributed by atoms with Gasteiger partial charge in [0.05, 0.1) is 11.4 Å². The van der Waals surface area contributed by atoms with E-state index >= 15 is 0 Å². The van der Waals surface area contributed by atoms with Crippen LogP contribution in [0.15, 0.2) is 84.9 Å². The molecule has 150 valence electrons. The molecule has 0 aliphatic rings. The third-order valence-corrected chi connectivity index (χ3v) is 5.19. The van der Waals surface area contributed by atoms with Gasteiger partial charge in [-0.2, -0.15) is 0 Å². The number of rotatable bonds is 7. The molecule has 0 radical (unpaired) electrons. The highest BCUT2D eigenvalue weighted by Crippen LogP contribution is 2.36. The van der Waals surface area contributed by atoms with Crippen molar-refractivity contribution in [3.63, 3.8) is 0 Å². The number of imidazole rings is 1. The van der Waals surface area contributed by atoms with E-state index < -0.39 is 5.97 Å². The van der Waals surface area contributed by atoms with E-state index in [0.717, 1.165) is 33.9 Å². The number of nitrogens with zero attached hydrogens (tertiary/aromatic N) is 2. The van der Waals surface area contributed by atoms with Crippen molar-refractivity contribution in [2.24, 2.45) is 0 Å². The number of aromatic nitrogens is 2. The van der Waals surface area contributed by atoms with Gasteiger partial charge >= 0.3 is 5.97 Å². The van der Waals surface area contributed by atoms with Gasteiger partial charge in [0.15, 0.2) is 0 Å². The van der Waals surface area contributed by atoms with Gasteiger partial charge < -0.3 is 9.67 Å². The number of carbonyl (C=O) groups is 1. The fourth-order valence-corrected chi connectivity index (χ4v) is 3.69. The Kier molecular flexibility index (Phi) is 5.96. The van der Waals surface area contributed by atoms with Crippen LogP contribution < -0.4 is 0 Å². The topological polar surface area (TPSA) is 55.1 Å². The van der Waals surface area contributed by atoms with Crippen molar-refractivity contribution in [3.05, 3.63) is 90.0 Å². The number of carboxylic acids is 1. The van der Waals surface area contributed by atoms with Crippen LogP contribution in [0.5, 0.6) is 0 Å². The van der Waals surface area contributed by atoms with Crippen LogP contribution in [0.1, 0.15) is 12.8 Å². The van der Waals surface area contributed by atoms with E-state index in [1.165, 1.54) is 0 Å². The average Bonchev–Trinajstić information content (AvgIpc) is 3.15. The standard InChI is InChI=1S/C25H21ClN2O2/c26-21-15-13-20(14-16-21)25-27-23(18-8-3-1-4-9-18)24(19-10-5-2-6-11-19)28(25)17-7-12-22(29)30/h1-6,8-11,13-16H,7,12,17H2,(H,29,30). The molecule has 0 atom stereocenters. The second-order valence-electron chi connectivity index (χ2n) is 7.02. The summed E-state index contributed by atoms with van der Waals surface area (Å²) in [6.45, 7) is 0.550. The Labute approximate surface area is 180 Å². The second-order valence-corrected chi connectivity index (χ2v) is 7.46. The lowest BCUT2D eigenvalue weighted by atomic mass is 10.0. The average molecular weight is 417 g/mol. The maximum absolute atomic E-state index is 11.1. The van der Waals surface area contributed by atoms with Gasteiger partial charge in [-0.25, -0.2) is 4.98 Å². The third-order valence-electron chi connectivity index (χ3n) is 4.94. The molecule has 0 spiro atoms. The van der Waals surface area contributed by atoms with Gasteiger partial charge in [-0.05, 0) is 30.7 Å². The summed E-state index contributed by atoms with van der Waals surface area (Å²) in [5, 5.41) is 9.80. The van der Waals surface area contributed by atoms with E-state index in [1.807, 2.05) is 72.8 Å². The van der Waals surface area contributed by atoms with E-state index in [-0.39, 0.29) is 6.42 Å². The van der Waals surface area contributed by atoms with Crippen LogP contribution in [-0.4, -0.2) is 20.6 Å². The van der Waals surface area contributed by atoms with Gasteiger partial charge in [0.25, 0.3) is 0 Å². The first-order chi connectivity index (χ1) is 14.6. The fraction of sp³-hybridized carbons (Fsp3) is 0.120. The molecule has 0 saturated heterocycles. The van der Waals surface area contributed by atoms with E-state index in [2.05, 4.69) is 16.7 Å². The SMILES string of the molecule is O=C(O)CCCn1c(-c2ccc(Cl)cc2)nc(-c2ccccc2)c1-c1ccccc1. The lowest BCUT2D eigenvalue weighted by molar-refractivity contribution is -0.137. The molecule has 1 aromatic heterocycles. The minimum absolute atomic E-state index is 0.104. The Morgan fingerprint density at radius 1 is 0.833 bits per heavy atom. The molecule has 30 heavy (non-hydrogen) atoms. The molecule has 0 saturated carbocycles. The van der Waals surface area contributed by atoms with E-state index in [0.29, 0.717) is 18.0 Å². The van der Waals surface area contributed by atoms with Crippen molar-refractivity contribution in [3.8, 4) is 33.9 Å². The highest BCUT2D eigenvalue weighted by Gasteiger charge is 2.21. The lowest BCUT2D eigenvalue weighted by Gasteiger charge is -2.13. The van der Waals surface area contributed by atoms with Crippen LogP contribution in [0.2, 0.25) is 5.02 Å². The summed E-state index contributed by atoms with van der Waals surface area (Å²) in [7, 11) is 0. The van der Waals surface area contributed by atoms with Crippen LogP contribution in [0.3, 0.4) is 0 Å². The van der Waals surface area contributed by atoms with Crippen molar-refractivity contribution in [1.82, 2.24) is 9.55 Å². The minimum atomic E-state index is -0.798. The molecule has 0 fully saturated rings. The zero-order valence-corrected chi connectivity index (χ0v) is 17.1.